The largest absolute Gasteiger partial charge is 0.496 e. The zero-order valence-electron chi connectivity index (χ0n) is 11.2. The Kier molecular flexibility index (Phi) is 3.80. The summed E-state index contributed by atoms with van der Waals surface area (Å²) in [6, 6.07) is 11.6. The minimum Gasteiger partial charge on any atom is -0.496 e. The van der Waals surface area contributed by atoms with Crippen molar-refractivity contribution >= 4 is 5.69 Å². The maximum Gasteiger partial charge on any atom is 0.146 e. The summed E-state index contributed by atoms with van der Waals surface area (Å²) in [5.41, 5.74) is 10.7. The van der Waals surface area contributed by atoms with Gasteiger partial charge in [-0.25, -0.2) is 5.53 Å². The van der Waals surface area contributed by atoms with Crippen molar-refractivity contribution in [2.75, 3.05) is 14.2 Å². The normalized spacial score (nSPS) is 10.1. The number of nitrogens with one attached hydrogen (secondary N) is 1. The van der Waals surface area contributed by atoms with Gasteiger partial charge in [-0.3, -0.25) is 0 Å². The minimum atomic E-state index is 0.519. The molecule has 19 heavy (non-hydrogen) atoms. The highest BCUT2D eigenvalue weighted by Crippen LogP contribution is 2.34. The van der Waals surface area contributed by atoms with Crippen LogP contribution in [0.15, 0.2) is 41.5 Å². The highest BCUT2D eigenvalue weighted by atomic mass is 16.5. The summed E-state index contributed by atoms with van der Waals surface area (Å²) in [7, 11) is 3.23. The average molecular weight is 256 g/mol. The van der Waals surface area contributed by atoms with Crippen LogP contribution >= 0.6 is 0 Å². The fourth-order valence-electron chi connectivity index (χ4n) is 1.95. The van der Waals surface area contributed by atoms with Crippen LogP contribution in [0.3, 0.4) is 0 Å². The topological polar surface area (TPSA) is 54.7 Å². The summed E-state index contributed by atoms with van der Waals surface area (Å²) >= 11 is 0. The van der Waals surface area contributed by atoms with E-state index in [2.05, 4.69) is 5.11 Å². The van der Waals surface area contributed by atoms with E-state index in [1.165, 1.54) is 0 Å². The van der Waals surface area contributed by atoms with Gasteiger partial charge in [-0.2, -0.15) is 5.11 Å². The highest BCUT2D eigenvalue weighted by molar-refractivity contribution is 5.71. The standard InChI is InChI=1S/C15H16N2O2/c1-10-4-5-11(8-14(10)18-2)12-6-7-13(17-16)15(9-12)19-3/h4-9,16H,1-3H3. The summed E-state index contributed by atoms with van der Waals surface area (Å²) in [6.45, 7) is 2.01. The number of nitrogens with zero attached hydrogens (tertiary/aromatic N) is 1. The molecule has 2 rings (SSSR count). The maximum absolute atomic E-state index is 7.08. The third-order valence-electron chi connectivity index (χ3n) is 3.04. The fourth-order valence-corrected chi connectivity index (χ4v) is 1.95. The number of aryl methyl sites for hydroxylation is 1. The number of hydrogen-bond donors (Lipinski definition) is 1. The molecule has 0 aliphatic carbocycles. The van der Waals surface area contributed by atoms with E-state index in [9.17, 15) is 0 Å². The molecular formula is C15H16N2O2. The molecular weight excluding hydrogens is 240 g/mol. The van der Waals surface area contributed by atoms with E-state index in [4.69, 9.17) is 15.0 Å². The second-order valence-corrected chi connectivity index (χ2v) is 4.18. The van der Waals surface area contributed by atoms with Crippen LogP contribution in [0.25, 0.3) is 11.1 Å². The van der Waals surface area contributed by atoms with Crippen molar-refractivity contribution in [3.63, 3.8) is 0 Å². The predicted molar refractivity (Wildman–Crippen MR) is 74.5 cm³/mol. The first-order valence-corrected chi connectivity index (χ1v) is 5.90. The van der Waals surface area contributed by atoms with Crippen molar-refractivity contribution in [1.29, 1.82) is 5.53 Å². The monoisotopic (exact) mass is 256 g/mol. The Morgan fingerprint density at radius 3 is 2.05 bits per heavy atom. The van der Waals surface area contributed by atoms with Crippen molar-refractivity contribution in [3.8, 4) is 22.6 Å². The number of ether oxygens (including phenoxy) is 2. The first-order chi connectivity index (χ1) is 9.19. The number of rotatable bonds is 4. The molecule has 0 aliphatic heterocycles. The molecule has 0 heterocycles. The molecule has 1 N–H and O–H groups in total. The minimum absolute atomic E-state index is 0.519. The van der Waals surface area contributed by atoms with E-state index in [1.54, 1.807) is 20.3 Å². The molecule has 0 radical (unpaired) electrons. The third kappa shape index (κ3) is 2.57. The highest BCUT2D eigenvalue weighted by Gasteiger charge is 2.07. The van der Waals surface area contributed by atoms with E-state index in [1.807, 2.05) is 37.3 Å². The summed E-state index contributed by atoms with van der Waals surface area (Å²) in [5.74, 6) is 1.44. The van der Waals surface area contributed by atoms with Gasteiger partial charge in [0.2, 0.25) is 0 Å². The lowest BCUT2D eigenvalue weighted by molar-refractivity contribution is 0.412. The lowest BCUT2D eigenvalue weighted by Gasteiger charge is -2.10. The van der Waals surface area contributed by atoms with Crippen LogP contribution in [0.4, 0.5) is 5.69 Å². The van der Waals surface area contributed by atoms with Gasteiger partial charge in [0.15, 0.2) is 0 Å². The second kappa shape index (κ2) is 5.52. The van der Waals surface area contributed by atoms with Crippen LogP contribution in [0.5, 0.6) is 11.5 Å². The summed E-state index contributed by atoms with van der Waals surface area (Å²) in [5, 5.41) is 3.42. The average Bonchev–Trinajstić information content (AvgIpc) is 2.47. The van der Waals surface area contributed by atoms with Gasteiger partial charge in [0, 0.05) is 0 Å². The SMILES string of the molecule is COc1cc(-c2ccc(N=N)c(OC)c2)ccc1C. The van der Waals surface area contributed by atoms with E-state index in [-0.39, 0.29) is 0 Å². The van der Waals surface area contributed by atoms with E-state index in [0.29, 0.717) is 11.4 Å². The van der Waals surface area contributed by atoms with Crippen LogP contribution in [0.1, 0.15) is 5.56 Å². The summed E-state index contributed by atoms with van der Waals surface area (Å²) < 4.78 is 10.6. The van der Waals surface area contributed by atoms with Gasteiger partial charge in [-0.15, -0.1) is 0 Å². The Bertz CT molecular complexity index is 609. The van der Waals surface area contributed by atoms with Crippen molar-refractivity contribution in [2.45, 2.75) is 6.92 Å². The molecule has 98 valence electrons. The van der Waals surface area contributed by atoms with Gasteiger partial charge in [0.25, 0.3) is 0 Å². The quantitative estimate of drug-likeness (QED) is 0.827. The van der Waals surface area contributed by atoms with Crippen LogP contribution in [-0.4, -0.2) is 14.2 Å². The number of methoxy groups -OCH3 is 2. The lowest BCUT2D eigenvalue weighted by atomic mass is 10.0. The van der Waals surface area contributed by atoms with Crippen LogP contribution in [0.2, 0.25) is 0 Å². The predicted octanol–water partition coefficient (Wildman–Crippen LogP) is 4.34. The number of hydrogen-bond acceptors (Lipinski definition) is 4. The molecule has 0 atom stereocenters. The molecule has 0 aliphatic rings. The molecule has 0 fully saturated rings. The molecule has 2 aromatic rings. The summed E-state index contributed by atoms with van der Waals surface area (Å²) in [6.07, 6.45) is 0. The Morgan fingerprint density at radius 2 is 1.47 bits per heavy atom. The van der Waals surface area contributed by atoms with Crippen molar-refractivity contribution in [1.82, 2.24) is 0 Å². The van der Waals surface area contributed by atoms with Gasteiger partial charge < -0.3 is 9.47 Å². The van der Waals surface area contributed by atoms with Crippen LogP contribution < -0.4 is 9.47 Å². The van der Waals surface area contributed by atoms with E-state index >= 15 is 0 Å². The Labute approximate surface area is 112 Å². The molecule has 0 saturated carbocycles. The Morgan fingerprint density at radius 1 is 0.895 bits per heavy atom. The smallest absolute Gasteiger partial charge is 0.146 e. The van der Waals surface area contributed by atoms with Crippen LogP contribution in [0, 0.1) is 12.5 Å². The zero-order valence-corrected chi connectivity index (χ0v) is 11.2. The lowest BCUT2D eigenvalue weighted by Crippen LogP contribution is -1.89. The van der Waals surface area contributed by atoms with E-state index < -0.39 is 0 Å². The Balaban J connectivity index is 2.49. The zero-order chi connectivity index (χ0) is 13.8. The molecule has 0 spiro atoms. The molecule has 2 aromatic carbocycles. The maximum atomic E-state index is 7.08. The van der Waals surface area contributed by atoms with Gasteiger partial charge in [0.05, 0.1) is 14.2 Å². The molecule has 0 aromatic heterocycles. The van der Waals surface area contributed by atoms with Crippen molar-refractivity contribution in [3.05, 3.63) is 42.0 Å². The van der Waals surface area contributed by atoms with Crippen molar-refractivity contribution < 1.29 is 9.47 Å². The van der Waals surface area contributed by atoms with E-state index in [0.717, 1.165) is 22.4 Å². The second-order valence-electron chi connectivity index (χ2n) is 4.18. The number of benzene rings is 2. The first kappa shape index (κ1) is 13.1. The third-order valence-corrected chi connectivity index (χ3v) is 3.04. The van der Waals surface area contributed by atoms with Crippen LogP contribution in [-0.2, 0) is 0 Å². The molecule has 0 unspecified atom stereocenters. The molecule has 0 bridgehead atoms. The Hall–Kier alpha value is -2.36. The molecule has 0 saturated heterocycles. The molecule has 0 amide bonds. The summed E-state index contributed by atoms with van der Waals surface area (Å²) in [4.78, 5) is 0. The van der Waals surface area contributed by atoms with Crippen molar-refractivity contribution in [2.24, 2.45) is 5.11 Å². The van der Waals surface area contributed by atoms with Gasteiger partial charge in [0.1, 0.15) is 17.2 Å². The molecule has 4 nitrogen and oxygen atoms in total. The van der Waals surface area contributed by atoms with Gasteiger partial charge in [-0.1, -0.05) is 18.2 Å². The van der Waals surface area contributed by atoms with Gasteiger partial charge in [-0.05, 0) is 41.8 Å². The fraction of sp³-hybridized carbons (Fsp3) is 0.200. The molecule has 4 heteroatoms. The first-order valence-electron chi connectivity index (χ1n) is 5.90. The van der Waals surface area contributed by atoms with Gasteiger partial charge >= 0.3 is 0 Å².